The molecule has 0 fully saturated rings. The molecule has 0 bridgehead atoms. The second-order valence-corrected chi connectivity index (χ2v) is 7.02. The summed E-state index contributed by atoms with van der Waals surface area (Å²) in [6, 6.07) is -0.907. The average molecular weight is 390 g/mol. The van der Waals surface area contributed by atoms with Crippen LogP contribution in [-0.2, 0) is 16.0 Å². The van der Waals surface area contributed by atoms with Crippen molar-refractivity contribution in [2.45, 2.75) is 96.4 Å². The first kappa shape index (κ1) is 26.1. The molecule has 1 rings (SSSR count). The Bertz CT molecular complexity index is 501. The molecule has 0 spiro atoms. The molecule has 0 saturated heterocycles. The van der Waals surface area contributed by atoms with Crippen molar-refractivity contribution in [1.29, 1.82) is 0 Å². The molecule has 1 amide bonds. The van der Waals surface area contributed by atoms with E-state index in [-0.39, 0.29) is 43.3 Å². The number of rotatable bonds is 16. The molecule has 0 aliphatic heterocycles. The van der Waals surface area contributed by atoms with E-state index in [0.29, 0.717) is 12.1 Å². The van der Waals surface area contributed by atoms with Crippen LogP contribution >= 0.6 is 0 Å². The standard InChI is InChI=1S/C20H35N3O3.Na.H/c1-2-3-4-5-6-7-8-9-10-11-12-13-19(24)23-18(20(25)26)14-17-15-21-16-22-17;;/h15-16,18H,2-14H2,1H3,(H,21,22)(H,23,24)(H,25,26);;/q;+1;-1. The summed E-state index contributed by atoms with van der Waals surface area (Å²) >= 11 is 0. The fourth-order valence-electron chi connectivity index (χ4n) is 3.03. The molecule has 1 heterocycles. The number of hydrogen-bond acceptors (Lipinski definition) is 3. The van der Waals surface area contributed by atoms with E-state index in [1.54, 1.807) is 6.20 Å². The van der Waals surface area contributed by atoms with E-state index in [1.807, 2.05) is 0 Å². The van der Waals surface area contributed by atoms with E-state index in [1.165, 1.54) is 57.7 Å². The molecule has 27 heavy (non-hydrogen) atoms. The zero-order valence-electron chi connectivity index (χ0n) is 18.1. The molecule has 1 aromatic heterocycles. The third kappa shape index (κ3) is 13.9. The minimum Gasteiger partial charge on any atom is -1.00 e. The van der Waals surface area contributed by atoms with Crippen LogP contribution in [0.1, 0.15) is 91.1 Å². The molecular formula is C20H36N3NaO3. The average Bonchev–Trinajstić information content (AvgIpc) is 3.12. The van der Waals surface area contributed by atoms with Gasteiger partial charge in [0.15, 0.2) is 0 Å². The maximum Gasteiger partial charge on any atom is 1.00 e. The van der Waals surface area contributed by atoms with Gasteiger partial charge in [-0.2, -0.15) is 0 Å². The van der Waals surface area contributed by atoms with Crippen LogP contribution in [0.15, 0.2) is 12.5 Å². The molecule has 0 aliphatic carbocycles. The first-order valence-corrected chi connectivity index (χ1v) is 10.1. The number of nitrogens with one attached hydrogen (secondary N) is 2. The maximum absolute atomic E-state index is 11.9. The summed E-state index contributed by atoms with van der Waals surface area (Å²) in [4.78, 5) is 29.9. The number of H-pyrrole nitrogens is 1. The molecule has 1 unspecified atom stereocenters. The first-order valence-electron chi connectivity index (χ1n) is 10.1. The smallest absolute Gasteiger partial charge is 1.00 e. The number of carbonyl (C=O) groups is 2. The number of carbonyl (C=O) groups excluding carboxylic acids is 1. The predicted octanol–water partition coefficient (Wildman–Crippen LogP) is 1.34. The van der Waals surface area contributed by atoms with Crippen LogP contribution in [0.25, 0.3) is 0 Å². The van der Waals surface area contributed by atoms with Gasteiger partial charge in [-0.3, -0.25) is 4.79 Å². The fraction of sp³-hybridized carbons (Fsp3) is 0.750. The second kappa shape index (κ2) is 17.3. The molecule has 0 aromatic carbocycles. The van der Waals surface area contributed by atoms with Crippen molar-refractivity contribution in [3.63, 3.8) is 0 Å². The Balaban J connectivity index is 0. The molecule has 0 radical (unpaired) electrons. The fourth-order valence-corrected chi connectivity index (χ4v) is 3.03. The van der Waals surface area contributed by atoms with E-state index < -0.39 is 12.0 Å². The van der Waals surface area contributed by atoms with Crippen molar-refractivity contribution < 1.29 is 45.7 Å². The van der Waals surface area contributed by atoms with Gasteiger partial charge in [0.25, 0.3) is 0 Å². The zero-order chi connectivity index (χ0) is 19.0. The van der Waals surface area contributed by atoms with Gasteiger partial charge in [-0.25, -0.2) is 9.78 Å². The van der Waals surface area contributed by atoms with Gasteiger partial charge in [0.1, 0.15) is 6.04 Å². The van der Waals surface area contributed by atoms with E-state index in [9.17, 15) is 14.7 Å². The number of nitrogens with zero attached hydrogens (tertiary/aromatic N) is 1. The van der Waals surface area contributed by atoms with Gasteiger partial charge in [-0.1, -0.05) is 71.1 Å². The second-order valence-electron chi connectivity index (χ2n) is 7.02. The van der Waals surface area contributed by atoms with Crippen LogP contribution in [0.2, 0.25) is 0 Å². The van der Waals surface area contributed by atoms with Crippen molar-refractivity contribution in [2.75, 3.05) is 0 Å². The molecule has 0 aliphatic rings. The Morgan fingerprint density at radius 3 is 2.11 bits per heavy atom. The Morgan fingerprint density at radius 1 is 1.07 bits per heavy atom. The Morgan fingerprint density at radius 2 is 1.63 bits per heavy atom. The molecule has 0 saturated carbocycles. The summed E-state index contributed by atoms with van der Waals surface area (Å²) in [5.74, 6) is -1.21. The third-order valence-electron chi connectivity index (χ3n) is 4.62. The van der Waals surface area contributed by atoms with Crippen molar-refractivity contribution in [1.82, 2.24) is 15.3 Å². The first-order chi connectivity index (χ1) is 12.6. The van der Waals surface area contributed by atoms with Crippen molar-refractivity contribution in [3.8, 4) is 0 Å². The minimum atomic E-state index is -1.02. The van der Waals surface area contributed by atoms with Crippen LogP contribution in [-0.4, -0.2) is 33.0 Å². The molecule has 3 N–H and O–H groups in total. The van der Waals surface area contributed by atoms with Crippen LogP contribution in [0, 0.1) is 0 Å². The van der Waals surface area contributed by atoms with E-state index in [2.05, 4.69) is 22.2 Å². The topological polar surface area (TPSA) is 95.1 Å². The van der Waals surface area contributed by atoms with Gasteiger partial charge in [0.05, 0.1) is 6.33 Å². The van der Waals surface area contributed by atoms with E-state index in [0.717, 1.165) is 19.3 Å². The van der Waals surface area contributed by atoms with Gasteiger partial charge in [0.2, 0.25) is 5.91 Å². The third-order valence-corrected chi connectivity index (χ3v) is 4.62. The molecular weight excluding hydrogens is 353 g/mol. The van der Waals surface area contributed by atoms with Gasteiger partial charge >= 0.3 is 35.5 Å². The van der Waals surface area contributed by atoms with E-state index in [4.69, 9.17) is 0 Å². The van der Waals surface area contributed by atoms with Crippen molar-refractivity contribution >= 4 is 11.9 Å². The van der Waals surface area contributed by atoms with Gasteiger partial charge in [0, 0.05) is 24.7 Å². The zero-order valence-corrected chi connectivity index (χ0v) is 19.1. The molecule has 1 atom stereocenters. The summed E-state index contributed by atoms with van der Waals surface area (Å²) < 4.78 is 0. The number of aromatic amines is 1. The number of amides is 1. The van der Waals surface area contributed by atoms with Gasteiger partial charge in [-0.15, -0.1) is 0 Å². The number of carboxylic acids is 1. The number of aliphatic carboxylic acids is 1. The summed E-state index contributed by atoms with van der Waals surface area (Å²) in [6.45, 7) is 2.24. The van der Waals surface area contributed by atoms with Gasteiger partial charge in [-0.05, 0) is 6.42 Å². The summed E-state index contributed by atoms with van der Waals surface area (Å²) in [5.41, 5.74) is 0.701. The van der Waals surface area contributed by atoms with Crippen molar-refractivity contribution in [2.24, 2.45) is 0 Å². The van der Waals surface area contributed by atoms with Crippen LogP contribution in [0.5, 0.6) is 0 Å². The van der Waals surface area contributed by atoms with Crippen LogP contribution in [0.4, 0.5) is 0 Å². The monoisotopic (exact) mass is 389 g/mol. The molecule has 7 heteroatoms. The number of hydrogen-bond donors (Lipinski definition) is 3. The normalized spacial score (nSPS) is 11.6. The Kier molecular flexibility index (Phi) is 16.7. The summed E-state index contributed by atoms with van der Waals surface area (Å²) in [5, 5.41) is 11.8. The summed E-state index contributed by atoms with van der Waals surface area (Å²) in [7, 11) is 0. The Hall–Kier alpha value is -0.850. The quantitative estimate of drug-likeness (QED) is 0.294. The maximum atomic E-state index is 11.9. The minimum absolute atomic E-state index is 0. The molecule has 1 aromatic rings. The number of aromatic nitrogens is 2. The van der Waals surface area contributed by atoms with E-state index >= 15 is 0 Å². The summed E-state index contributed by atoms with van der Waals surface area (Å²) in [6.07, 6.45) is 17.2. The molecule has 150 valence electrons. The SMILES string of the molecule is CCCCCCCCCCCCCC(=O)NC(Cc1cnc[nH]1)C(=O)O.[H-].[Na+]. The largest absolute Gasteiger partial charge is 1.00 e. The number of unbranched alkanes of at least 4 members (excludes halogenated alkanes) is 10. The van der Waals surface area contributed by atoms with Crippen LogP contribution < -0.4 is 34.9 Å². The predicted molar refractivity (Wildman–Crippen MR) is 104 cm³/mol. The Labute approximate surface area is 187 Å². The number of imidazole rings is 1. The number of carboxylic acid groups (broad SMARTS) is 1. The van der Waals surface area contributed by atoms with Crippen molar-refractivity contribution in [3.05, 3.63) is 18.2 Å². The molecule has 6 nitrogen and oxygen atoms in total. The van der Waals surface area contributed by atoms with Gasteiger partial charge < -0.3 is 16.8 Å². The van der Waals surface area contributed by atoms with Crippen LogP contribution in [0.3, 0.4) is 0 Å².